The van der Waals surface area contributed by atoms with Crippen molar-refractivity contribution in [3.05, 3.63) is 29.8 Å². The molecule has 0 spiro atoms. The van der Waals surface area contributed by atoms with Gasteiger partial charge in [0.15, 0.2) is 0 Å². The van der Waals surface area contributed by atoms with Gasteiger partial charge in [-0.25, -0.2) is 0 Å². The van der Waals surface area contributed by atoms with Crippen molar-refractivity contribution in [2.75, 3.05) is 13.7 Å². The van der Waals surface area contributed by atoms with Crippen molar-refractivity contribution in [3.63, 3.8) is 0 Å². The first kappa shape index (κ1) is 15.8. The van der Waals surface area contributed by atoms with Crippen molar-refractivity contribution in [3.8, 4) is 5.75 Å². The highest BCUT2D eigenvalue weighted by Crippen LogP contribution is 2.27. The predicted molar refractivity (Wildman–Crippen MR) is 84.0 cm³/mol. The molecule has 1 aromatic rings. The molecular weight excluding hydrogens is 264 g/mol. The van der Waals surface area contributed by atoms with Crippen molar-refractivity contribution in [1.29, 1.82) is 0 Å². The standard InChI is InChI=1S/C17H26N2O2/c1-3-21-15-9-7-13(8-10-15)12-19(2)17(20)11-14-5-4-6-16(14)18/h7-10,14,16H,3-6,11-12,18H2,1-2H3/t14-,16+/m0/s1. The molecule has 2 N–H and O–H groups in total. The molecule has 4 heteroatoms. The van der Waals surface area contributed by atoms with Gasteiger partial charge in [0.2, 0.25) is 5.91 Å². The van der Waals surface area contributed by atoms with Gasteiger partial charge in [0.05, 0.1) is 6.61 Å². The van der Waals surface area contributed by atoms with E-state index in [2.05, 4.69) is 0 Å². The zero-order valence-electron chi connectivity index (χ0n) is 13.0. The Balaban J connectivity index is 1.85. The number of carbonyl (C=O) groups excluding carboxylic acids is 1. The van der Waals surface area contributed by atoms with E-state index in [0.717, 1.165) is 30.6 Å². The van der Waals surface area contributed by atoms with E-state index in [4.69, 9.17) is 10.5 Å². The largest absolute Gasteiger partial charge is 0.494 e. The number of rotatable bonds is 6. The van der Waals surface area contributed by atoms with Crippen LogP contribution >= 0.6 is 0 Å². The van der Waals surface area contributed by atoms with Crippen molar-refractivity contribution in [2.24, 2.45) is 11.7 Å². The quantitative estimate of drug-likeness (QED) is 0.876. The van der Waals surface area contributed by atoms with Gasteiger partial charge in [-0.1, -0.05) is 18.6 Å². The monoisotopic (exact) mass is 290 g/mol. The van der Waals surface area contributed by atoms with Crippen molar-refractivity contribution >= 4 is 5.91 Å². The highest BCUT2D eigenvalue weighted by atomic mass is 16.5. The zero-order chi connectivity index (χ0) is 15.2. The average Bonchev–Trinajstić information content (AvgIpc) is 2.86. The molecule has 0 aliphatic heterocycles. The molecule has 2 rings (SSSR count). The minimum absolute atomic E-state index is 0.186. The molecule has 1 aromatic carbocycles. The SMILES string of the molecule is CCOc1ccc(CN(C)C(=O)C[C@@H]2CCC[C@H]2N)cc1. The summed E-state index contributed by atoms with van der Waals surface area (Å²) >= 11 is 0. The molecule has 4 nitrogen and oxygen atoms in total. The van der Waals surface area contributed by atoms with Crippen LogP contribution in [-0.4, -0.2) is 30.5 Å². The van der Waals surface area contributed by atoms with Crippen LogP contribution in [0.4, 0.5) is 0 Å². The number of hydrogen-bond donors (Lipinski definition) is 1. The third-order valence-corrected chi connectivity index (χ3v) is 4.23. The van der Waals surface area contributed by atoms with Gasteiger partial charge in [0.25, 0.3) is 0 Å². The van der Waals surface area contributed by atoms with Gasteiger partial charge >= 0.3 is 0 Å². The lowest BCUT2D eigenvalue weighted by Gasteiger charge is -2.21. The van der Waals surface area contributed by atoms with E-state index in [9.17, 15) is 4.79 Å². The smallest absolute Gasteiger partial charge is 0.222 e. The van der Waals surface area contributed by atoms with E-state index in [1.54, 1.807) is 4.90 Å². The van der Waals surface area contributed by atoms with Crippen LogP contribution in [0.5, 0.6) is 5.75 Å². The number of amides is 1. The summed E-state index contributed by atoms with van der Waals surface area (Å²) in [7, 11) is 1.86. The second-order valence-electron chi connectivity index (χ2n) is 5.89. The third-order valence-electron chi connectivity index (χ3n) is 4.23. The summed E-state index contributed by atoms with van der Waals surface area (Å²) in [5.74, 6) is 1.42. The van der Waals surface area contributed by atoms with E-state index >= 15 is 0 Å². The lowest BCUT2D eigenvalue weighted by molar-refractivity contribution is -0.131. The molecule has 0 aromatic heterocycles. The third kappa shape index (κ3) is 4.46. The number of benzene rings is 1. The molecule has 0 unspecified atom stereocenters. The minimum atomic E-state index is 0.186. The number of ether oxygens (including phenoxy) is 1. The maximum Gasteiger partial charge on any atom is 0.222 e. The van der Waals surface area contributed by atoms with Gasteiger partial charge in [0.1, 0.15) is 5.75 Å². The normalized spacial score (nSPS) is 21.3. The molecule has 21 heavy (non-hydrogen) atoms. The van der Waals surface area contributed by atoms with Gasteiger partial charge in [-0.3, -0.25) is 4.79 Å². The molecule has 1 aliphatic carbocycles. The zero-order valence-corrected chi connectivity index (χ0v) is 13.0. The summed E-state index contributed by atoms with van der Waals surface area (Å²) < 4.78 is 5.42. The molecule has 2 atom stereocenters. The lowest BCUT2D eigenvalue weighted by atomic mass is 9.99. The van der Waals surface area contributed by atoms with Gasteiger partial charge in [-0.05, 0) is 43.4 Å². The van der Waals surface area contributed by atoms with Gasteiger partial charge in [0, 0.05) is 26.1 Å². The first-order valence-electron chi connectivity index (χ1n) is 7.81. The fourth-order valence-corrected chi connectivity index (χ4v) is 2.92. The first-order chi connectivity index (χ1) is 10.1. The summed E-state index contributed by atoms with van der Waals surface area (Å²) in [4.78, 5) is 14.1. The fourth-order valence-electron chi connectivity index (χ4n) is 2.92. The van der Waals surface area contributed by atoms with Crippen LogP contribution in [0.1, 0.15) is 38.2 Å². The first-order valence-corrected chi connectivity index (χ1v) is 7.81. The second kappa shape index (κ2) is 7.46. The Morgan fingerprint density at radius 2 is 2.05 bits per heavy atom. The lowest BCUT2D eigenvalue weighted by Crippen LogP contribution is -2.32. The molecule has 0 bridgehead atoms. The summed E-state index contributed by atoms with van der Waals surface area (Å²) in [6.07, 6.45) is 3.88. The molecule has 1 amide bonds. The molecule has 1 aliphatic rings. The Bertz CT molecular complexity index is 458. The maximum absolute atomic E-state index is 12.3. The Hall–Kier alpha value is -1.55. The minimum Gasteiger partial charge on any atom is -0.494 e. The summed E-state index contributed by atoms with van der Waals surface area (Å²) in [5.41, 5.74) is 7.16. The van der Waals surface area contributed by atoms with Crippen LogP contribution in [0.25, 0.3) is 0 Å². The van der Waals surface area contributed by atoms with Crippen molar-refractivity contribution in [2.45, 2.75) is 45.2 Å². The predicted octanol–water partition coefficient (Wildman–Crippen LogP) is 2.56. The second-order valence-corrected chi connectivity index (χ2v) is 5.89. The molecule has 1 saturated carbocycles. The summed E-state index contributed by atoms with van der Waals surface area (Å²) in [5, 5.41) is 0. The molecule has 0 saturated heterocycles. The number of nitrogens with zero attached hydrogens (tertiary/aromatic N) is 1. The highest BCUT2D eigenvalue weighted by molar-refractivity contribution is 5.76. The van der Waals surface area contributed by atoms with Crippen LogP contribution < -0.4 is 10.5 Å². The van der Waals surface area contributed by atoms with Crippen LogP contribution in [0.15, 0.2) is 24.3 Å². The maximum atomic E-state index is 12.3. The fraction of sp³-hybridized carbons (Fsp3) is 0.588. The van der Waals surface area contributed by atoms with Gasteiger partial charge in [-0.2, -0.15) is 0 Å². The summed E-state index contributed by atoms with van der Waals surface area (Å²) in [6, 6.07) is 8.12. The molecule has 116 valence electrons. The Labute approximate surface area is 127 Å². The molecule has 0 radical (unpaired) electrons. The summed E-state index contributed by atoms with van der Waals surface area (Å²) in [6.45, 7) is 3.26. The Morgan fingerprint density at radius 3 is 2.62 bits per heavy atom. The van der Waals surface area contributed by atoms with E-state index < -0.39 is 0 Å². The highest BCUT2D eigenvalue weighted by Gasteiger charge is 2.27. The van der Waals surface area contributed by atoms with E-state index in [1.165, 1.54) is 0 Å². The van der Waals surface area contributed by atoms with Gasteiger partial charge < -0.3 is 15.4 Å². The van der Waals surface area contributed by atoms with Crippen molar-refractivity contribution < 1.29 is 9.53 Å². The van der Waals surface area contributed by atoms with E-state index in [0.29, 0.717) is 25.5 Å². The van der Waals surface area contributed by atoms with Crippen LogP contribution in [0, 0.1) is 5.92 Å². The number of nitrogens with two attached hydrogens (primary N) is 1. The number of carbonyl (C=O) groups is 1. The van der Waals surface area contributed by atoms with Crippen LogP contribution in [-0.2, 0) is 11.3 Å². The van der Waals surface area contributed by atoms with E-state index in [-0.39, 0.29) is 11.9 Å². The van der Waals surface area contributed by atoms with Crippen molar-refractivity contribution in [1.82, 2.24) is 4.90 Å². The Morgan fingerprint density at radius 1 is 1.33 bits per heavy atom. The average molecular weight is 290 g/mol. The molecule has 0 heterocycles. The number of hydrogen-bond acceptors (Lipinski definition) is 3. The van der Waals surface area contributed by atoms with Gasteiger partial charge in [-0.15, -0.1) is 0 Å². The van der Waals surface area contributed by atoms with Crippen LogP contribution in [0.2, 0.25) is 0 Å². The molecule has 1 fully saturated rings. The molecular formula is C17H26N2O2. The topological polar surface area (TPSA) is 55.6 Å². The Kier molecular flexibility index (Phi) is 5.62. The van der Waals surface area contributed by atoms with Crippen LogP contribution in [0.3, 0.4) is 0 Å². The van der Waals surface area contributed by atoms with E-state index in [1.807, 2.05) is 38.2 Å².